The Bertz CT molecular complexity index is 584. The molecule has 0 aliphatic heterocycles. The van der Waals surface area contributed by atoms with Crippen LogP contribution >= 0.6 is 0 Å². The van der Waals surface area contributed by atoms with E-state index in [2.05, 4.69) is 0 Å². The van der Waals surface area contributed by atoms with Gasteiger partial charge >= 0.3 is 5.97 Å². The van der Waals surface area contributed by atoms with Gasteiger partial charge in [0.05, 0.1) is 0 Å². The largest absolute Gasteiger partial charge is 0.480 e. The van der Waals surface area contributed by atoms with E-state index in [0.29, 0.717) is 6.07 Å². The maximum atomic E-state index is 13.3. The molecule has 1 aromatic carbocycles. The van der Waals surface area contributed by atoms with E-state index >= 15 is 0 Å². The molecule has 0 heterocycles. The fraction of sp³-hybridized carbons (Fsp3) is 0.300. The lowest BCUT2D eigenvalue weighted by Crippen LogP contribution is -2.49. The highest BCUT2D eigenvalue weighted by molar-refractivity contribution is 7.89. The molecule has 100 valence electrons. The Kier molecular flexibility index (Phi) is 3.72. The van der Waals surface area contributed by atoms with Gasteiger partial charge in [-0.25, -0.2) is 17.2 Å². The summed E-state index contributed by atoms with van der Waals surface area (Å²) in [5.41, 5.74) is -1.81. The van der Waals surface area contributed by atoms with E-state index in [1.54, 1.807) is 0 Å². The van der Waals surface area contributed by atoms with Gasteiger partial charge in [-0.1, -0.05) is 0 Å². The number of hydrogen-bond acceptors (Lipinski definition) is 3. The van der Waals surface area contributed by atoms with Crippen LogP contribution in [0.5, 0.6) is 0 Å². The molecule has 0 bridgehead atoms. The van der Waals surface area contributed by atoms with Crippen LogP contribution in [0.2, 0.25) is 0 Å². The summed E-state index contributed by atoms with van der Waals surface area (Å²) < 4.78 is 51.3. The topological polar surface area (TPSA) is 83.5 Å². The summed E-state index contributed by atoms with van der Waals surface area (Å²) in [5.74, 6) is -3.64. The molecular weight excluding hydrogens is 268 g/mol. The predicted octanol–water partition coefficient (Wildman–Crippen LogP) is 1.11. The van der Waals surface area contributed by atoms with Crippen LogP contribution in [0.15, 0.2) is 23.1 Å². The van der Waals surface area contributed by atoms with Crippen molar-refractivity contribution >= 4 is 16.0 Å². The van der Waals surface area contributed by atoms with Gasteiger partial charge in [0, 0.05) is 6.07 Å². The summed E-state index contributed by atoms with van der Waals surface area (Å²) >= 11 is 0. The first-order chi connectivity index (χ1) is 8.06. The molecule has 2 N–H and O–H groups in total. The van der Waals surface area contributed by atoms with Gasteiger partial charge in [0.1, 0.15) is 22.1 Å². The van der Waals surface area contributed by atoms with Crippen LogP contribution in [0, 0.1) is 11.6 Å². The second kappa shape index (κ2) is 4.62. The summed E-state index contributed by atoms with van der Waals surface area (Å²) in [6.45, 7) is 2.21. The van der Waals surface area contributed by atoms with Crippen molar-refractivity contribution in [3.8, 4) is 0 Å². The van der Waals surface area contributed by atoms with Gasteiger partial charge in [-0.05, 0) is 26.0 Å². The summed E-state index contributed by atoms with van der Waals surface area (Å²) in [7, 11) is -4.38. The van der Waals surface area contributed by atoms with E-state index < -0.39 is 38.1 Å². The average Bonchev–Trinajstić information content (AvgIpc) is 2.14. The highest BCUT2D eigenvalue weighted by Gasteiger charge is 2.34. The fourth-order valence-electron chi connectivity index (χ4n) is 1.13. The first-order valence-electron chi connectivity index (χ1n) is 4.79. The van der Waals surface area contributed by atoms with E-state index in [-0.39, 0.29) is 0 Å². The minimum atomic E-state index is -4.38. The minimum Gasteiger partial charge on any atom is -0.480 e. The normalized spacial score (nSPS) is 12.4. The highest BCUT2D eigenvalue weighted by atomic mass is 32.2. The SMILES string of the molecule is CC(C)(NS(=O)(=O)c1ccc(F)cc1F)C(=O)O. The molecule has 18 heavy (non-hydrogen) atoms. The van der Waals surface area contributed by atoms with Crippen LogP contribution in [0.25, 0.3) is 0 Å². The fourth-order valence-corrected chi connectivity index (χ4v) is 2.56. The van der Waals surface area contributed by atoms with Crippen LogP contribution in [0.4, 0.5) is 8.78 Å². The van der Waals surface area contributed by atoms with Crippen molar-refractivity contribution in [1.29, 1.82) is 0 Å². The van der Waals surface area contributed by atoms with Gasteiger partial charge in [0.25, 0.3) is 0 Å². The van der Waals surface area contributed by atoms with E-state index in [1.807, 2.05) is 4.72 Å². The van der Waals surface area contributed by atoms with Gasteiger partial charge in [0.15, 0.2) is 0 Å². The van der Waals surface area contributed by atoms with Crippen molar-refractivity contribution in [2.45, 2.75) is 24.3 Å². The molecule has 0 aliphatic carbocycles. The van der Waals surface area contributed by atoms with Crippen molar-refractivity contribution in [3.05, 3.63) is 29.8 Å². The molecule has 0 saturated heterocycles. The number of carboxylic acids is 1. The Morgan fingerprint density at radius 1 is 1.33 bits per heavy atom. The Morgan fingerprint density at radius 3 is 2.33 bits per heavy atom. The predicted molar refractivity (Wildman–Crippen MR) is 58.4 cm³/mol. The number of aliphatic carboxylic acids is 1. The molecule has 1 rings (SSSR count). The summed E-state index contributed by atoms with van der Waals surface area (Å²) in [5, 5.41) is 8.78. The highest BCUT2D eigenvalue weighted by Crippen LogP contribution is 2.17. The third-order valence-electron chi connectivity index (χ3n) is 2.11. The number of carboxylic acid groups (broad SMARTS) is 1. The van der Waals surface area contributed by atoms with Crippen molar-refractivity contribution in [1.82, 2.24) is 4.72 Å². The molecule has 0 aliphatic rings. The van der Waals surface area contributed by atoms with Crippen LogP contribution in [0.3, 0.4) is 0 Å². The lowest BCUT2D eigenvalue weighted by molar-refractivity contribution is -0.142. The third kappa shape index (κ3) is 3.02. The molecule has 0 atom stereocenters. The van der Waals surface area contributed by atoms with Crippen molar-refractivity contribution in [2.24, 2.45) is 0 Å². The number of carbonyl (C=O) groups is 1. The van der Waals surface area contributed by atoms with Gasteiger partial charge in [-0.15, -0.1) is 0 Å². The number of halogens is 2. The minimum absolute atomic E-state index is 0.405. The first-order valence-corrected chi connectivity index (χ1v) is 6.27. The average molecular weight is 279 g/mol. The third-order valence-corrected chi connectivity index (χ3v) is 3.80. The van der Waals surface area contributed by atoms with Crippen molar-refractivity contribution < 1.29 is 27.1 Å². The summed E-state index contributed by atoms with van der Waals surface area (Å²) in [6.07, 6.45) is 0. The zero-order valence-electron chi connectivity index (χ0n) is 9.57. The molecule has 8 heteroatoms. The molecule has 0 spiro atoms. The van der Waals surface area contributed by atoms with Crippen molar-refractivity contribution in [2.75, 3.05) is 0 Å². The Labute approximate surface area is 102 Å². The number of hydrogen-bond donors (Lipinski definition) is 2. The van der Waals surface area contributed by atoms with Crippen molar-refractivity contribution in [3.63, 3.8) is 0 Å². The Balaban J connectivity index is 3.19. The molecule has 5 nitrogen and oxygen atoms in total. The second-order valence-electron chi connectivity index (χ2n) is 4.11. The van der Waals surface area contributed by atoms with Crippen LogP contribution in [-0.2, 0) is 14.8 Å². The Morgan fingerprint density at radius 2 is 1.89 bits per heavy atom. The van der Waals surface area contributed by atoms with E-state index in [4.69, 9.17) is 5.11 Å². The van der Waals surface area contributed by atoms with E-state index in [9.17, 15) is 22.0 Å². The van der Waals surface area contributed by atoms with Gasteiger partial charge < -0.3 is 5.11 Å². The monoisotopic (exact) mass is 279 g/mol. The van der Waals surface area contributed by atoms with Crippen LogP contribution in [-0.4, -0.2) is 25.0 Å². The smallest absolute Gasteiger partial charge is 0.324 e. The van der Waals surface area contributed by atoms with Crippen LogP contribution in [0.1, 0.15) is 13.8 Å². The first kappa shape index (κ1) is 14.5. The molecule has 0 fully saturated rings. The standard InChI is InChI=1S/C10H11F2NO4S/c1-10(2,9(14)15)13-18(16,17)8-4-3-6(11)5-7(8)12/h3-5,13H,1-2H3,(H,14,15). The maximum absolute atomic E-state index is 13.3. The number of sulfonamides is 1. The number of rotatable bonds is 4. The Hall–Kier alpha value is -1.54. The lowest BCUT2D eigenvalue weighted by Gasteiger charge is -2.20. The van der Waals surface area contributed by atoms with E-state index in [0.717, 1.165) is 26.0 Å². The second-order valence-corrected chi connectivity index (χ2v) is 5.76. The maximum Gasteiger partial charge on any atom is 0.324 e. The molecule has 0 amide bonds. The molecule has 0 radical (unpaired) electrons. The van der Waals surface area contributed by atoms with Gasteiger partial charge in [0.2, 0.25) is 10.0 Å². The molecule has 0 aromatic heterocycles. The van der Waals surface area contributed by atoms with E-state index in [1.165, 1.54) is 0 Å². The van der Waals surface area contributed by atoms with Gasteiger partial charge in [-0.2, -0.15) is 4.72 Å². The lowest BCUT2D eigenvalue weighted by atomic mass is 10.1. The molecular formula is C10H11F2NO4S. The molecule has 0 saturated carbocycles. The zero-order chi connectivity index (χ0) is 14.1. The van der Waals surface area contributed by atoms with Crippen LogP contribution < -0.4 is 4.72 Å². The summed E-state index contributed by atoms with van der Waals surface area (Å²) in [4.78, 5) is 9.98. The number of benzene rings is 1. The van der Waals surface area contributed by atoms with Gasteiger partial charge in [-0.3, -0.25) is 4.79 Å². The quantitative estimate of drug-likeness (QED) is 0.864. The molecule has 0 unspecified atom stereocenters. The number of nitrogens with one attached hydrogen (secondary N) is 1. The summed E-state index contributed by atoms with van der Waals surface area (Å²) in [6, 6.07) is 1.90. The zero-order valence-corrected chi connectivity index (χ0v) is 10.4. The molecule has 1 aromatic rings.